The monoisotopic (exact) mass is 257 g/mol. The average Bonchev–Trinajstić information content (AvgIpc) is 2.86. The molecule has 2 aromatic heterocycles. The smallest absolute Gasteiger partial charge is 0.137 e. The number of rotatable bonds is 3. The number of imidazole rings is 1. The molecule has 5 heteroatoms. The SMILES string of the molecule is c1cn(-c2ccc(NC3CCCNCC3)cn2)cn1. The average molecular weight is 257 g/mol. The van der Waals surface area contributed by atoms with Gasteiger partial charge in [-0.25, -0.2) is 9.97 Å². The van der Waals surface area contributed by atoms with E-state index in [1.807, 2.05) is 23.0 Å². The molecule has 1 atom stereocenters. The first-order valence-corrected chi connectivity index (χ1v) is 6.83. The van der Waals surface area contributed by atoms with Gasteiger partial charge in [0.1, 0.15) is 12.1 Å². The molecule has 2 aromatic rings. The summed E-state index contributed by atoms with van der Waals surface area (Å²) in [5.74, 6) is 0.894. The summed E-state index contributed by atoms with van der Waals surface area (Å²) in [5.41, 5.74) is 1.09. The molecule has 1 unspecified atom stereocenters. The zero-order chi connectivity index (χ0) is 12.9. The van der Waals surface area contributed by atoms with Crippen LogP contribution in [0.3, 0.4) is 0 Å². The van der Waals surface area contributed by atoms with Gasteiger partial charge in [-0.05, 0) is 44.5 Å². The largest absolute Gasteiger partial charge is 0.381 e. The third kappa shape index (κ3) is 3.12. The van der Waals surface area contributed by atoms with Gasteiger partial charge in [-0.3, -0.25) is 4.57 Å². The van der Waals surface area contributed by atoms with Crippen LogP contribution in [0.25, 0.3) is 5.82 Å². The molecule has 2 N–H and O–H groups in total. The van der Waals surface area contributed by atoms with Crippen LogP contribution in [0.5, 0.6) is 0 Å². The Kier molecular flexibility index (Phi) is 3.74. The number of pyridine rings is 1. The quantitative estimate of drug-likeness (QED) is 0.880. The van der Waals surface area contributed by atoms with Crippen molar-refractivity contribution < 1.29 is 0 Å². The number of aromatic nitrogens is 3. The maximum absolute atomic E-state index is 4.45. The molecule has 3 rings (SSSR count). The molecule has 0 aliphatic carbocycles. The fraction of sp³-hybridized carbons (Fsp3) is 0.429. The van der Waals surface area contributed by atoms with E-state index >= 15 is 0 Å². The molecule has 1 aliphatic rings. The zero-order valence-electron chi connectivity index (χ0n) is 10.9. The first-order chi connectivity index (χ1) is 9.42. The number of nitrogens with one attached hydrogen (secondary N) is 2. The highest BCUT2D eigenvalue weighted by molar-refractivity contribution is 5.44. The minimum atomic E-state index is 0.552. The summed E-state index contributed by atoms with van der Waals surface area (Å²) in [4.78, 5) is 8.48. The standard InChI is InChI=1S/C14H19N5/c1-2-12(5-7-15-6-1)18-13-3-4-14(17-10-13)19-9-8-16-11-19/h3-4,8-12,15,18H,1-2,5-7H2. The molecular weight excluding hydrogens is 238 g/mol. The molecule has 1 saturated heterocycles. The fourth-order valence-corrected chi connectivity index (χ4v) is 2.42. The van der Waals surface area contributed by atoms with Crippen molar-refractivity contribution in [3.63, 3.8) is 0 Å². The van der Waals surface area contributed by atoms with E-state index in [0.29, 0.717) is 6.04 Å². The van der Waals surface area contributed by atoms with Gasteiger partial charge in [-0.2, -0.15) is 0 Å². The van der Waals surface area contributed by atoms with Crippen LogP contribution in [0.2, 0.25) is 0 Å². The fourth-order valence-electron chi connectivity index (χ4n) is 2.42. The van der Waals surface area contributed by atoms with Gasteiger partial charge in [0.2, 0.25) is 0 Å². The number of nitrogens with zero attached hydrogens (tertiary/aromatic N) is 3. The van der Waals surface area contributed by atoms with Crippen LogP contribution >= 0.6 is 0 Å². The summed E-state index contributed by atoms with van der Waals surface area (Å²) >= 11 is 0. The van der Waals surface area contributed by atoms with Crippen molar-refractivity contribution in [1.29, 1.82) is 0 Å². The van der Waals surface area contributed by atoms with E-state index in [2.05, 4.69) is 26.7 Å². The van der Waals surface area contributed by atoms with Crippen LogP contribution in [-0.2, 0) is 0 Å². The maximum Gasteiger partial charge on any atom is 0.137 e. The van der Waals surface area contributed by atoms with Crippen molar-refractivity contribution in [2.24, 2.45) is 0 Å². The lowest BCUT2D eigenvalue weighted by Gasteiger charge is -2.17. The van der Waals surface area contributed by atoms with Gasteiger partial charge in [0.25, 0.3) is 0 Å². The van der Waals surface area contributed by atoms with Crippen molar-refractivity contribution in [3.8, 4) is 5.82 Å². The van der Waals surface area contributed by atoms with E-state index in [9.17, 15) is 0 Å². The molecule has 0 spiro atoms. The normalized spacial score (nSPS) is 19.9. The lowest BCUT2D eigenvalue weighted by Crippen LogP contribution is -2.21. The first-order valence-electron chi connectivity index (χ1n) is 6.83. The van der Waals surface area contributed by atoms with Gasteiger partial charge in [0.05, 0.1) is 11.9 Å². The molecule has 19 heavy (non-hydrogen) atoms. The van der Waals surface area contributed by atoms with Crippen LogP contribution < -0.4 is 10.6 Å². The van der Waals surface area contributed by atoms with E-state index in [0.717, 1.165) is 24.6 Å². The Balaban J connectivity index is 1.65. The maximum atomic E-state index is 4.45. The molecule has 100 valence electrons. The molecule has 0 aromatic carbocycles. The summed E-state index contributed by atoms with van der Waals surface area (Å²) in [6.07, 6.45) is 10.9. The Hall–Kier alpha value is -1.88. The van der Waals surface area contributed by atoms with E-state index < -0.39 is 0 Å². The Bertz CT molecular complexity index is 483. The topological polar surface area (TPSA) is 54.8 Å². The second kappa shape index (κ2) is 5.84. The van der Waals surface area contributed by atoms with Gasteiger partial charge in [-0.1, -0.05) is 0 Å². The third-order valence-corrected chi connectivity index (χ3v) is 3.46. The molecular formula is C14H19N5. The van der Waals surface area contributed by atoms with Gasteiger partial charge in [0.15, 0.2) is 0 Å². The van der Waals surface area contributed by atoms with Crippen LogP contribution in [0, 0.1) is 0 Å². The number of anilines is 1. The first kappa shape index (κ1) is 12.2. The number of hydrogen-bond donors (Lipinski definition) is 2. The summed E-state index contributed by atoms with van der Waals surface area (Å²) in [7, 11) is 0. The van der Waals surface area contributed by atoms with E-state index in [1.54, 1.807) is 12.5 Å². The predicted molar refractivity (Wildman–Crippen MR) is 75.5 cm³/mol. The number of hydrogen-bond acceptors (Lipinski definition) is 4. The van der Waals surface area contributed by atoms with Gasteiger partial charge in [0, 0.05) is 18.4 Å². The molecule has 0 bridgehead atoms. The third-order valence-electron chi connectivity index (χ3n) is 3.46. The van der Waals surface area contributed by atoms with E-state index in [-0.39, 0.29) is 0 Å². The summed E-state index contributed by atoms with van der Waals surface area (Å²) in [5, 5.41) is 6.99. The minimum Gasteiger partial charge on any atom is -0.381 e. The van der Waals surface area contributed by atoms with Crippen LogP contribution in [0.4, 0.5) is 5.69 Å². The summed E-state index contributed by atoms with van der Waals surface area (Å²) < 4.78 is 1.90. The Morgan fingerprint density at radius 1 is 1.26 bits per heavy atom. The van der Waals surface area contributed by atoms with Crippen molar-refractivity contribution in [2.75, 3.05) is 18.4 Å². The zero-order valence-corrected chi connectivity index (χ0v) is 10.9. The van der Waals surface area contributed by atoms with Gasteiger partial charge in [-0.15, -0.1) is 0 Å². The highest BCUT2D eigenvalue weighted by Crippen LogP contribution is 2.15. The second-order valence-corrected chi connectivity index (χ2v) is 4.90. The lowest BCUT2D eigenvalue weighted by atomic mass is 10.1. The Morgan fingerprint density at radius 2 is 2.26 bits per heavy atom. The van der Waals surface area contributed by atoms with E-state index in [1.165, 1.54) is 19.3 Å². The summed E-state index contributed by atoms with van der Waals surface area (Å²) in [6, 6.07) is 4.65. The van der Waals surface area contributed by atoms with Gasteiger partial charge >= 0.3 is 0 Å². The molecule has 1 aliphatic heterocycles. The molecule has 0 saturated carbocycles. The van der Waals surface area contributed by atoms with E-state index in [4.69, 9.17) is 0 Å². The van der Waals surface area contributed by atoms with Crippen molar-refractivity contribution in [2.45, 2.75) is 25.3 Å². The van der Waals surface area contributed by atoms with Gasteiger partial charge < -0.3 is 10.6 Å². The molecule has 1 fully saturated rings. The Morgan fingerprint density at radius 3 is 3.05 bits per heavy atom. The molecule has 5 nitrogen and oxygen atoms in total. The highest BCUT2D eigenvalue weighted by Gasteiger charge is 2.11. The van der Waals surface area contributed by atoms with Crippen molar-refractivity contribution in [3.05, 3.63) is 37.1 Å². The molecule has 3 heterocycles. The second-order valence-electron chi connectivity index (χ2n) is 4.90. The molecule has 0 amide bonds. The minimum absolute atomic E-state index is 0.552. The van der Waals surface area contributed by atoms with Crippen LogP contribution in [-0.4, -0.2) is 33.7 Å². The van der Waals surface area contributed by atoms with Crippen LogP contribution in [0.15, 0.2) is 37.1 Å². The Labute approximate surface area is 113 Å². The molecule has 0 radical (unpaired) electrons. The van der Waals surface area contributed by atoms with Crippen molar-refractivity contribution in [1.82, 2.24) is 19.9 Å². The highest BCUT2D eigenvalue weighted by atomic mass is 15.1. The van der Waals surface area contributed by atoms with Crippen molar-refractivity contribution >= 4 is 5.69 Å². The lowest BCUT2D eigenvalue weighted by molar-refractivity contribution is 0.637. The summed E-state index contributed by atoms with van der Waals surface area (Å²) in [6.45, 7) is 2.23. The van der Waals surface area contributed by atoms with Crippen LogP contribution in [0.1, 0.15) is 19.3 Å². The predicted octanol–water partition coefficient (Wildman–Crippen LogP) is 1.82.